The van der Waals surface area contributed by atoms with Gasteiger partial charge in [-0.1, -0.05) is 6.07 Å². The molecule has 1 aromatic carbocycles. The first-order valence-electron chi connectivity index (χ1n) is 4.90. The van der Waals surface area contributed by atoms with Crippen molar-refractivity contribution in [3.63, 3.8) is 0 Å². The molecule has 0 bridgehead atoms. The maximum atomic E-state index is 5.55. The van der Waals surface area contributed by atoms with Gasteiger partial charge in [0.1, 0.15) is 5.58 Å². The van der Waals surface area contributed by atoms with Crippen LogP contribution in [-0.4, -0.2) is 6.54 Å². The molecule has 14 heavy (non-hydrogen) atoms. The lowest BCUT2D eigenvalue weighted by molar-refractivity contribution is 0.610. The summed E-state index contributed by atoms with van der Waals surface area (Å²) in [5.41, 5.74) is 10.3. The number of hydrogen-bond acceptors (Lipinski definition) is 2. The van der Waals surface area contributed by atoms with Crippen LogP contribution in [-0.2, 0) is 6.42 Å². The van der Waals surface area contributed by atoms with Crippen molar-refractivity contribution in [3.05, 3.63) is 35.1 Å². The largest absolute Gasteiger partial charge is 0.464 e. The van der Waals surface area contributed by atoms with Crippen molar-refractivity contribution < 1.29 is 4.42 Å². The van der Waals surface area contributed by atoms with E-state index in [4.69, 9.17) is 10.2 Å². The van der Waals surface area contributed by atoms with Gasteiger partial charge < -0.3 is 10.2 Å². The van der Waals surface area contributed by atoms with Gasteiger partial charge >= 0.3 is 0 Å². The average molecular weight is 189 g/mol. The minimum Gasteiger partial charge on any atom is -0.464 e. The van der Waals surface area contributed by atoms with E-state index in [-0.39, 0.29) is 0 Å². The topological polar surface area (TPSA) is 39.2 Å². The van der Waals surface area contributed by atoms with E-state index in [1.54, 1.807) is 0 Å². The Balaban J connectivity index is 2.66. The minimum absolute atomic E-state index is 0.669. The summed E-state index contributed by atoms with van der Waals surface area (Å²) >= 11 is 0. The van der Waals surface area contributed by atoms with Gasteiger partial charge in [0.25, 0.3) is 0 Å². The van der Waals surface area contributed by atoms with E-state index in [1.807, 2.05) is 6.26 Å². The van der Waals surface area contributed by atoms with Gasteiger partial charge in [0.15, 0.2) is 0 Å². The molecule has 2 N–H and O–H groups in total. The third-order valence-electron chi connectivity index (χ3n) is 2.51. The van der Waals surface area contributed by atoms with E-state index < -0.39 is 0 Å². The first-order chi connectivity index (χ1) is 6.72. The van der Waals surface area contributed by atoms with Crippen LogP contribution >= 0.6 is 0 Å². The second-order valence-electron chi connectivity index (χ2n) is 3.75. The number of nitrogens with two attached hydrogens (primary N) is 1. The number of aryl methyl sites for hydroxylation is 2. The van der Waals surface area contributed by atoms with Crippen molar-refractivity contribution in [2.24, 2.45) is 5.73 Å². The first-order valence-corrected chi connectivity index (χ1v) is 4.90. The van der Waals surface area contributed by atoms with Crippen molar-refractivity contribution in [2.75, 3.05) is 6.54 Å². The average Bonchev–Trinajstić information content (AvgIpc) is 2.49. The summed E-state index contributed by atoms with van der Waals surface area (Å²) in [4.78, 5) is 0. The predicted molar refractivity (Wildman–Crippen MR) is 58.4 cm³/mol. The van der Waals surface area contributed by atoms with Gasteiger partial charge in [-0.25, -0.2) is 0 Å². The van der Waals surface area contributed by atoms with Crippen molar-refractivity contribution in [2.45, 2.75) is 20.3 Å². The van der Waals surface area contributed by atoms with Crippen LogP contribution in [0.25, 0.3) is 11.0 Å². The van der Waals surface area contributed by atoms with Crippen LogP contribution in [0.4, 0.5) is 0 Å². The van der Waals surface area contributed by atoms with Gasteiger partial charge in [-0.05, 0) is 49.6 Å². The Kier molecular flexibility index (Phi) is 2.30. The molecule has 0 saturated heterocycles. The predicted octanol–water partition coefficient (Wildman–Crippen LogP) is 2.55. The Morgan fingerprint density at radius 1 is 1.29 bits per heavy atom. The summed E-state index contributed by atoms with van der Waals surface area (Å²) in [6.07, 6.45) is 2.71. The summed E-state index contributed by atoms with van der Waals surface area (Å²) in [7, 11) is 0. The second-order valence-corrected chi connectivity index (χ2v) is 3.75. The van der Waals surface area contributed by atoms with E-state index >= 15 is 0 Å². The van der Waals surface area contributed by atoms with Gasteiger partial charge in [0.05, 0.1) is 6.26 Å². The molecule has 2 aromatic rings. The van der Waals surface area contributed by atoms with E-state index in [1.165, 1.54) is 22.1 Å². The molecule has 2 heteroatoms. The molecule has 0 saturated carbocycles. The van der Waals surface area contributed by atoms with Crippen molar-refractivity contribution in [1.82, 2.24) is 0 Å². The maximum absolute atomic E-state index is 5.55. The molecule has 2 nitrogen and oxygen atoms in total. The van der Waals surface area contributed by atoms with Crippen LogP contribution in [0.3, 0.4) is 0 Å². The zero-order valence-corrected chi connectivity index (χ0v) is 8.63. The SMILES string of the molecule is Cc1cc(C)c2c(CCN)coc2c1. The summed E-state index contributed by atoms with van der Waals surface area (Å²) in [5.74, 6) is 0. The van der Waals surface area contributed by atoms with Crippen LogP contribution in [0.2, 0.25) is 0 Å². The van der Waals surface area contributed by atoms with Gasteiger partial charge in [-0.15, -0.1) is 0 Å². The summed E-state index contributed by atoms with van der Waals surface area (Å²) in [6.45, 7) is 4.87. The molecule has 0 aliphatic carbocycles. The highest BCUT2D eigenvalue weighted by atomic mass is 16.3. The van der Waals surface area contributed by atoms with E-state index in [2.05, 4.69) is 26.0 Å². The summed E-state index contributed by atoms with van der Waals surface area (Å²) < 4.78 is 5.51. The van der Waals surface area contributed by atoms with Crippen molar-refractivity contribution >= 4 is 11.0 Å². The highest BCUT2D eigenvalue weighted by molar-refractivity contribution is 5.85. The fourth-order valence-corrected chi connectivity index (χ4v) is 1.97. The van der Waals surface area contributed by atoms with Gasteiger partial charge in [0, 0.05) is 5.39 Å². The molecule has 0 radical (unpaired) electrons. The lowest BCUT2D eigenvalue weighted by atomic mass is 10.0. The van der Waals surface area contributed by atoms with Gasteiger partial charge in [0.2, 0.25) is 0 Å². The lowest BCUT2D eigenvalue weighted by Gasteiger charge is -2.00. The Labute approximate surface area is 83.7 Å². The second kappa shape index (κ2) is 3.46. The molecule has 74 valence electrons. The fourth-order valence-electron chi connectivity index (χ4n) is 1.97. The molecule has 0 aliphatic rings. The summed E-state index contributed by atoms with van der Waals surface area (Å²) in [5, 5.41) is 1.24. The van der Waals surface area contributed by atoms with E-state index in [0.29, 0.717) is 6.54 Å². The first kappa shape index (κ1) is 9.28. The van der Waals surface area contributed by atoms with Crippen LogP contribution in [0.5, 0.6) is 0 Å². The van der Waals surface area contributed by atoms with Crippen molar-refractivity contribution in [3.8, 4) is 0 Å². The number of rotatable bonds is 2. The van der Waals surface area contributed by atoms with Gasteiger partial charge in [-0.3, -0.25) is 0 Å². The zero-order valence-electron chi connectivity index (χ0n) is 8.63. The quantitative estimate of drug-likeness (QED) is 0.788. The Morgan fingerprint density at radius 3 is 2.79 bits per heavy atom. The highest BCUT2D eigenvalue weighted by Gasteiger charge is 2.07. The maximum Gasteiger partial charge on any atom is 0.134 e. The minimum atomic E-state index is 0.669. The Bertz CT molecular complexity index is 457. The van der Waals surface area contributed by atoms with Crippen LogP contribution in [0, 0.1) is 13.8 Å². The Morgan fingerprint density at radius 2 is 2.07 bits per heavy atom. The normalized spacial score (nSPS) is 11.1. The van der Waals surface area contributed by atoms with Gasteiger partial charge in [-0.2, -0.15) is 0 Å². The number of fused-ring (bicyclic) bond motifs is 1. The smallest absolute Gasteiger partial charge is 0.134 e. The standard InChI is InChI=1S/C12H15NO/c1-8-5-9(2)12-10(3-4-13)7-14-11(12)6-8/h5-7H,3-4,13H2,1-2H3. The van der Waals surface area contributed by atoms with E-state index in [9.17, 15) is 0 Å². The molecule has 0 spiro atoms. The van der Waals surface area contributed by atoms with Crippen LogP contribution in [0.1, 0.15) is 16.7 Å². The molecule has 2 rings (SSSR count). The van der Waals surface area contributed by atoms with E-state index in [0.717, 1.165) is 12.0 Å². The molecular weight excluding hydrogens is 174 g/mol. The molecule has 0 amide bonds. The molecular formula is C12H15NO. The third-order valence-corrected chi connectivity index (χ3v) is 2.51. The summed E-state index contributed by atoms with van der Waals surface area (Å²) in [6, 6.07) is 4.25. The number of furan rings is 1. The Hall–Kier alpha value is -1.28. The monoisotopic (exact) mass is 189 g/mol. The lowest BCUT2D eigenvalue weighted by Crippen LogP contribution is -2.02. The van der Waals surface area contributed by atoms with Crippen molar-refractivity contribution in [1.29, 1.82) is 0 Å². The molecule has 1 aromatic heterocycles. The molecule has 1 heterocycles. The molecule has 0 fully saturated rings. The molecule has 0 unspecified atom stereocenters. The highest BCUT2D eigenvalue weighted by Crippen LogP contribution is 2.26. The van der Waals surface area contributed by atoms with Crippen LogP contribution < -0.4 is 5.73 Å². The third kappa shape index (κ3) is 1.42. The fraction of sp³-hybridized carbons (Fsp3) is 0.333. The number of benzene rings is 1. The van der Waals surface area contributed by atoms with Crippen LogP contribution in [0.15, 0.2) is 22.8 Å². The molecule has 0 aliphatic heterocycles. The molecule has 0 atom stereocenters. The number of hydrogen-bond donors (Lipinski definition) is 1. The zero-order chi connectivity index (χ0) is 10.1.